The maximum absolute atomic E-state index is 10.5. The van der Waals surface area contributed by atoms with Crippen molar-refractivity contribution in [1.82, 2.24) is 0 Å². The van der Waals surface area contributed by atoms with Crippen molar-refractivity contribution in [2.24, 2.45) is 0 Å². The molecule has 4 nitrogen and oxygen atoms in total. The van der Waals surface area contributed by atoms with E-state index in [-0.39, 0.29) is 0 Å². The molecular formula is C18H18O4. The molecule has 0 atom stereocenters. The van der Waals surface area contributed by atoms with Crippen LogP contribution in [0.15, 0.2) is 48.5 Å². The first-order valence-electron chi connectivity index (χ1n) is 6.86. The first-order chi connectivity index (χ1) is 10.6. The predicted octanol–water partition coefficient (Wildman–Crippen LogP) is 3.68. The summed E-state index contributed by atoms with van der Waals surface area (Å²) in [5.74, 6) is 0.607. The third kappa shape index (κ3) is 4.38. The standard InChI is InChI=1S/C18H18O4/c1-13-3-4-15(11-17(13)21-2)12-22-16-8-5-14(6-9-16)7-10-18(19)20/h3-11H,12H2,1-2H3,(H,19,20)/b10-7+. The number of rotatable bonds is 6. The van der Waals surface area contributed by atoms with E-state index in [9.17, 15) is 4.79 Å². The van der Waals surface area contributed by atoms with Gasteiger partial charge in [0, 0.05) is 6.08 Å². The molecule has 0 heterocycles. The Labute approximate surface area is 129 Å². The highest BCUT2D eigenvalue weighted by molar-refractivity contribution is 5.85. The summed E-state index contributed by atoms with van der Waals surface area (Å²) >= 11 is 0. The van der Waals surface area contributed by atoms with E-state index in [1.165, 1.54) is 6.08 Å². The highest BCUT2D eigenvalue weighted by Gasteiger charge is 2.01. The SMILES string of the molecule is COc1cc(COc2ccc(/C=C/C(=O)O)cc2)ccc1C. The minimum absolute atomic E-state index is 0.445. The molecule has 1 N–H and O–H groups in total. The number of hydrogen-bond acceptors (Lipinski definition) is 3. The molecule has 22 heavy (non-hydrogen) atoms. The van der Waals surface area contributed by atoms with E-state index in [1.807, 2.05) is 49.4 Å². The Bertz CT molecular complexity index is 672. The molecule has 4 heteroatoms. The average Bonchev–Trinajstić information content (AvgIpc) is 2.53. The van der Waals surface area contributed by atoms with E-state index in [1.54, 1.807) is 7.11 Å². The summed E-state index contributed by atoms with van der Waals surface area (Å²) in [4.78, 5) is 10.5. The lowest BCUT2D eigenvalue weighted by Gasteiger charge is -2.09. The van der Waals surface area contributed by atoms with E-state index >= 15 is 0 Å². The predicted molar refractivity (Wildman–Crippen MR) is 85.2 cm³/mol. The van der Waals surface area contributed by atoms with Gasteiger partial charge in [0.05, 0.1) is 7.11 Å². The summed E-state index contributed by atoms with van der Waals surface area (Å²) in [6.45, 7) is 2.44. The van der Waals surface area contributed by atoms with Gasteiger partial charge in [-0.25, -0.2) is 4.79 Å². The number of aliphatic carboxylic acids is 1. The van der Waals surface area contributed by atoms with Crippen molar-refractivity contribution < 1.29 is 19.4 Å². The number of carboxylic acid groups (broad SMARTS) is 1. The molecule has 2 aromatic rings. The fourth-order valence-corrected chi connectivity index (χ4v) is 1.96. The van der Waals surface area contributed by atoms with Crippen LogP contribution in [-0.4, -0.2) is 18.2 Å². The summed E-state index contributed by atoms with van der Waals surface area (Å²) < 4.78 is 11.0. The summed E-state index contributed by atoms with van der Waals surface area (Å²) in [5.41, 5.74) is 2.92. The molecule has 0 saturated heterocycles. The first-order valence-corrected chi connectivity index (χ1v) is 6.86. The van der Waals surface area contributed by atoms with Gasteiger partial charge in [-0.05, 0) is 47.9 Å². The number of aryl methyl sites for hydroxylation is 1. The van der Waals surface area contributed by atoms with Crippen molar-refractivity contribution in [3.05, 3.63) is 65.2 Å². The number of benzene rings is 2. The molecule has 2 rings (SSSR count). The molecule has 0 amide bonds. The van der Waals surface area contributed by atoms with E-state index in [0.717, 1.165) is 34.3 Å². The Hall–Kier alpha value is -2.75. The monoisotopic (exact) mass is 298 g/mol. The van der Waals surface area contributed by atoms with Crippen LogP contribution in [0.5, 0.6) is 11.5 Å². The Morgan fingerprint density at radius 2 is 1.91 bits per heavy atom. The molecule has 0 saturated carbocycles. The maximum Gasteiger partial charge on any atom is 0.328 e. The second-order valence-corrected chi connectivity index (χ2v) is 4.83. The highest BCUT2D eigenvalue weighted by atomic mass is 16.5. The van der Waals surface area contributed by atoms with Crippen molar-refractivity contribution in [1.29, 1.82) is 0 Å². The maximum atomic E-state index is 10.5. The highest BCUT2D eigenvalue weighted by Crippen LogP contribution is 2.21. The zero-order valence-corrected chi connectivity index (χ0v) is 12.6. The summed E-state index contributed by atoms with van der Waals surface area (Å²) in [6.07, 6.45) is 2.64. The van der Waals surface area contributed by atoms with Gasteiger partial charge in [-0.3, -0.25) is 0 Å². The quantitative estimate of drug-likeness (QED) is 0.827. The largest absolute Gasteiger partial charge is 0.496 e. The van der Waals surface area contributed by atoms with Crippen LogP contribution < -0.4 is 9.47 Å². The molecule has 0 aliphatic rings. The summed E-state index contributed by atoms with van der Waals surface area (Å²) in [6, 6.07) is 13.2. The van der Waals surface area contributed by atoms with E-state index < -0.39 is 5.97 Å². The second-order valence-electron chi connectivity index (χ2n) is 4.83. The van der Waals surface area contributed by atoms with Crippen LogP contribution in [0, 0.1) is 6.92 Å². The molecule has 0 aromatic heterocycles. The Morgan fingerprint density at radius 1 is 1.18 bits per heavy atom. The van der Waals surface area contributed by atoms with Gasteiger partial charge in [0.1, 0.15) is 18.1 Å². The summed E-state index contributed by atoms with van der Waals surface area (Å²) in [7, 11) is 1.65. The lowest BCUT2D eigenvalue weighted by Crippen LogP contribution is -1.97. The van der Waals surface area contributed by atoms with Gasteiger partial charge in [0.25, 0.3) is 0 Å². The molecule has 0 aliphatic carbocycles. The molecule has 0 fully saturated rings. The minimum atomic E-state index is -0.964. The molecule has 0 unspecified atom stereocenters. The number of hydrogen-bond donors (Lipinski definition) is 1. The van der Waals surface area contributed by atoms with Gasteiger partial charge in [-0.2, -0.15) is 0 Å². The van der Waals surface area contributed by atoms with Crippen LogP contribution in [0.4, 0.5) is 0 Å². The lowest BCUT2D eigenvalue weighted by molar-refractivity contribution is -0.131. The Balaban J connectivity index is 1.98. The van der Waals surface area contributed by atoms with Crippen molar-refractivity contribution >= 4 is 12.0 Å². The van der Waals surface area contributed by atoms with Crippen LogP contribution >= 0.6 is 0 Å². The topological polar surface area (TPSA) is 55.8 Å². The van der Waals surface area contributed by atoms with Gasteiger partial charge in [-0.1, -0.05) is 24.3 Å². The average molecular weight is 298 g/mol. The first kappa shape index (κ1) is 15.6. The molecular weight excluding hydrogens is 280 g/mol. The van der Waals surface area contributed by atoms with E-state index in [4.69, 9.17) is 14.6 Å². The van der Waals surface area contributed by atoms with Crippen LogP contribution in [-0.2, 0) is 11.4 Å². The van der Waals surface area contributed by atoms with Gasteiger partial charge in [-0.15, -0.1) is 0 Å². The Morgan fingerprint density at radius 3 is 2.55 bits per heavy atom. The van der Waals surface area contributed by atoms with Crippen molar-refractivity contribution in [3.8, 4) is 11.5 Å². The van der Waals surface area contributed by atoms with Gasteiger partial charge < -0.3 is 14.6 Å². The molecule has 114 valence electrons. The molecule has 0 radical (unpaired) electrons. The fraction of sp³-hybridized carbons (Fsp3) is 0.167. The Kier molecular flexibility index (Phi) is 5.20. The lowest BCUT2D eigenvalue weighted by atomic mass is 10.1. The van der Waals surface area contributed by atoms with Crippen molar-refractivity contribution in [3.63, 3.8) is 0 Å². The number of carbonyl (C=O) groups is 1. The van der Waals surface area contributed by atoms with Gasteiger partial charge in [0.15, 0.2) is 0 Å². The van der Waals surface area contributed by atoms with Crippen LogP contribution in [0.2, 0.25) is 0 Å². The second kappa shape index (κ2) is 7.31. The van der Waals surface area contributed by atoms with Crippen molar-refractivity contribution in [2.75, 3.05) is 7.11 Å². The normalized spacial score (nSPS) is 10.6. The minimum Gasteiger partial charge on any atom is -0.496 e. The van der Waals surface area contributed by atoms with E-state index in [0.29, 0.717) is 6.61 Å². The van der Waals surface area contributed by atoms with Crippen LogP contribution in [0.3, 0.4) is 0 Å². The van der Waals surface area contributed by atoms with Gasteiger partial charge >= 0.3 is 5.97 Å². The smallest absolute Gasteiger partial charge is 0.328 e. The third-order valence-electron chi connectivity index (χ3n) is 3.18. The summed E-state index contributed by atoms with van der Waals surface area (Å²) in [5, 5.41) is 8.58. The molecule has 2 aromatic carbocycles. The molecule has 0 aliphatic heterocycles. The number of methoxy groups -OCH3 is 1. The fourth-order valence-electron chi connectivity index (χ4n) is 1.96. The molecule has 0 spiro atoms. The zero-order valence-electron chi connectivity index (χ0n) is 12.6. The number of ether oxygens (including phenoxy) is 2. The van der Waals surface area contributed by atoms with Gasteiger partial charge in [0.2, 0.25) is 0 Å². The van der Waals surface area contributed by atoms with Crippen molar-refractivity contribution in [2.45, 2.75) is 13.5 Å². The third-order valence-corrected chi connectivity index (χ3v) is 3.18. The zero-order chi connectivity index (χ0) is 15.9. The van der Waals surface area contributed by atoms with E-state index in [2.05, 4.69) is 0 Å². The molecule has 0 bridgehead atoms. The van der Waals surface area contributed by atoms with Crippen LogP contribution in [0.25, 0.3) is 6.08 Å². The van der Waals surface area contributed by atoms with Crippen LogP contribution in [0.1, 0.15) is 16.7 Å². The number of carboxylic acids is 1.